The molecule has 60 valence electrons. The van der Waals surface area contributed by atoms with Crippen molar-refractivity contribution in [2.45, 2.75) is 13.0 Å². The van der Waals surface area contributed by atoms with Gasteiger partial charge >= 0.3 is 0 Å². The summed E-state index contributed by atoms with van der Waals surface area (Å²) < 4.78 is 25.5. The summed E-state index contributed by atoms with van der Waals surface area (Å²) in [6.45, 7) is 2.32. The highest BCUT2D eigenvalue weighted by atomic mass is 32.2. The summed E-state index contributed by atoms with van der Waals surface area (Å²) in [5, 5.41) is 0. The third kappa shape index (κ3) is 1.15. The molecule has 0 saturated carbocycles. The van der Waals surface area contributed by atoms with Crippen molar-refractivity contribution in [3.05, 3.63) is 0 Å². The first-order valence-electron chi connectivity index (χ1n) is 3.04. The van der Waals surface area contributed by atoms with Crippen molar-refractivity contribution in [2.75, 3.05) is 13.2 Å². The van der Waals surface area contributed by atoms with Crippen molar-refractivity contribution in [1.29, 1.82) is 0 Å². The molecule has 1 unspecified atom stereocenters. The molecular formula is C4H11N3O2S. The predicted molar refractivity (Wildman–Crippen MR) is 37.3 cm³/mol. The third-order valence-corrected chi connectivity index (χ3v) is 3.20. The standard InChI is InChI=1S/C4H11N3O2S/c1-4-2-6-10(8,9)7(4)3-5/h4,6H,2-3,5H2,1H3. The SMILES string of the molecule is CC1CNS(=O)(=O)N1CN. The van der Waals surface area contributed by atoms with Gasteiger partial charge in [0.1, 0.15) is 0 Å². The second-order valence-electron chi connectivity index (χ2n) is 2.27. The first-order chi connectivity index (χ1) is 4.58. The topological polar surface area (TPSA) is 75.4 Å². The lowest BCUT2D eigenvalue weighted by molar-refractivity contribution is 0.382. The van der Waals surface area contributed by atoms with Crippen molar-refractivity contribution in [1.82, 2.24) is 9.03 Å². The zero-order chi connectivity index (χ0) is 7.78. The summed E-state index contributed by atoms with van der Waals surface area (Å²) in [5.41, 5.74) is 5.21. The summed E-state index contributed by atoms with van der Waals surface area (Å²) in [6.07, 6.45) is 0. The van der Waals surface area contributed by atoms with E-state index in [0.29, 0.717) is 6.54 Å². The van der Waals surface area contributed by atoms with Gasteiger partial charge in [-0.3, -0.25) is 0 Å². The van der Waals surface area contributed by atoms with Crippen molar-refractivity contribution in [2.24, 2.45) is 5.73 Å². The molecule has 6 heteroatoms. The smallest absolute Gasteiger partial charge is 0.280 e. The van der Waals surface area contributed by atoms with E-state index in [1.165, 1.54) is 4.31 Å². The molecule has 0 bridgehead atoms. The van der Waals surface area contributed by atoms with E-state index in [2.05, 4.69) is 4.72 Å². The quantitative estimate of drug-likeness (QED) is 0.493. The molecule has 0 aromatic heterocycles. The molecule has 0 amide bonds. The Morgan fingerprint density at radius 1 is 1.80 bits per heavy atom. The summed E-state index contributed by atoms with van der Waals surface area (Å²) >= 11 is 0. The van der Waals surface area contributed by atoms with Crippen LogP contribution in [0.5, 0.6) is 0 Å². The molecular weight excluding hydrogens is 154 g/mol. The van der Waals surface area contributed by atoms with Crippen LogP contribution in [0.25, 0.3) is 0 Å². The monoisotopic (exact) mass is 165 g/mol. The fraction of sp³-hybridized carbons (Fsp3) is 1.00. The average molecular weight is 165 g/mol. The van der Waals surface area contributed by atoms with Crippen molar-refractivity contribution in [3.8, 4) is 0 Å². The number of nitrogens with one attached hydrogen (secondary N) is 1. The lowest BCUT2D eigenvalue weighted by atomic mass is 10.3. The molecule has 0 aromatic carbocycles. The van der Waals surface area contributed by atoms with Gasteiger partial charge in [0.2, 0.25) is 0 Å². The first kappa shape index (κ1) is 7.93. The molecule has 5 nitrogen and oxygen atoms in total. The third-order valence-electron chi connectivity index (χ3n) is 1.54. The van der Waals surface area contributed by atoms with Crippen molar-refractivity contribution < 1.29 is 8.42 Å². The number of nitrogens with two attached hydrogens (primary N) is 1. The largest absolute Gasteiger partial charge is 0.317 e. The Morgan fingerprint density at radius 2 is 2.40 bits per heavy atom. The molecule has 1 atom stereocenters. The maximum atomic E-state index is 10.9. The molecule has 0 spiro atoms. The Bertz CT molecular complexity index is 213. The highest BCUT2D eigenvalue weighted by Gasteiger charge is 2.32. The molecule has 0 aromatic rings. The molecule has 1 saturated heterocycles. The Hall–Kier alpha value is -0.170. The lowest BCUT2D eigenvalue weighted by Crippen LogP contribution is -2.37. The highest BCUT2D eigenvalue weighted by Crippen LogP contribution is 2.08. The molecule has 0 aliphatic carbocycles. The van der Waals surface area contributed by atoms with Gasteiger partial charge in [-0.25, -0.2) is 4.72 Å². The van der Waals surface area contributed by atoms with Crippen LogP contribution in [0.2, 0.25) is 0 Å². The van der Waals surface area contributed by atoms with Gasteiger partial charge in [0.05, 0.1) is 6.67 Å². The predicted octanol–water partition coefficient (Wildman–Crippen LogP) is -1.56. The van der Waals surface area contributed by atoms with E-state index in [1.807, 2.05) is 6.92 Å². The summed E-state index contributed by atoms with van der Waals surface area (Å²) in [7, 11) is -3.23. The van der Waals surface area contributed by atoms with Crippen LogP contribution < -0.4 is 10.5 Å². The molecule has 1 rings (SSSR count). The van der Waals surface area contributed by atoms with Crippen LogP contribution in [-0.2, 0) is 10.2 Å². The molecule has 10 heavy (non-hydrogen) atoms. The van der Waals surface area contributed by atoms with Gasteiger partial charge in [-0.1, -0.05) is 0 Å². The van der Waals surface area contributed by atoms with Crippen LogP contribution in [0, 0.1) is 0 Å². The summed E-state index contributed by atoms with van der Waals surface area (Å²) in [4.78, 5) is 0. The second kappa shape index (κ2) is 2.46. The fourth-order valence-corrected chi connectivity index (χ4v) is 2.29. The van der Waals surface area contributed by atoms with Gasteiger partial charge in [0.25, 0.3) is 10.2 Å². The van der Waals surface area contributed by atoms with E-state index in [4.69, 9.17) is 5.73 Å². The number of hydrogen-bond donors (Lipinski definition) is 2. The minimum atomic E-state index is -3.23. The Labute approximate surface area is 60.4 Å². The van der Waals surface area contributed by atoms with E-state index < -0.39 is 10.2 Å². The Kier molecular flexibility index (Phi) is 1.95. The maximum absolute atomic E-state index is 10.9. The van der Waals surface area contributed by atoms with E-state index >= 15 is 0 Å². The lowest BCUT2D eigenvalue weighted by Gasteiger charge is -2.14. The van der Waals surface area contributed by atoms with Crippen LogP contribution in [0.4, 0.5) is 0 Å². The molecule has 1 aliphatic rings. The van der Waals surface area contributed by atoms with Crippen LogP contribution in [0.3, 0.4) is 0 Å². The van der Waals surface area contributed by atoms with Gasteiger partial charge in [0, 0.05) is 12.6 Å². The maximum Gasteiger partial charge on any atom is 0.280 e. The van der Waals surface area contributed by atoms with Gasteiger partial charge in [-0.2, -0.15) is 12.7 Å². The number of rotatable bonds is 1. The molecule has 1 aliphatic heterocycles. The van der Waals surface area contributed by atoms with Gasteiger partial charge in [0.15, 0.2) is 0 Å². The highest BCUT2D eigenvalue weighted by molar-refractivity contribution is 7.87. The van der Waals surface area contributed by atoms with Crippen LogP contribution in [-0.4, -0.2) is 32.0 Å². The van der Waals surface area contributed by atoms with Crippen LogP contribution in [0.1, 0.15) is 6.92 Å². The van der Waals surface area contributed by atoms with Gasteiger partial charge in [-0.15, -0.1) is 0 Å². The van der Waals surface area contributed by atoms with E-state index in [1.54, 1.807) is 0 Å². The normalized spacial score (nSPS) is 32.8. The summed E-state index contributed by atoms with van der Waals surface area (Å²) in [5.74, 6) is 0. The zero-order valence-electron chi connectivity index (χ0n) is 5.74. The van der Waals surface area contributed by atoms with E-state index in [0.717, 1.165) is 0 Å². The van der Waals surface area contributed by atoms with Gasteiger partial charge in [-0.05, 0) is 6.92 Å². The Balaban J connectivity index is 2.84. The van der Waals surface area contributed by atoms with E-state index in [9.17, 15) is 8.42 Å². The van der Waals surface area contributed by atoms with E-state index in [-0.39, 0.29) is 12.7 Å². The second-order valence-corrected chi connectivity index (χ2v) is 3.98. The van der Waals surface area contributed by atoms with Gasteiger partial charge < -0.3 is 5.73 Å². The van der Waals surface area contributed by atoms with Crippen molar-refractivity contribution in [3.63, 3.8) is 0 Å². The molecule has 0 radical (unpaired) electrons. The number of nitrogens with zero attached hydrogens (tertiary/aromatic N) is 1. The van der Waals surface area contributed by atoms with Crippen LogP contribution in [0.15, 0.2) is 0 Å². The minimum absolute atomic E-state index is 0.0185. The average Bonchev–Trinajstić information content (AvgIpc) is 2.07. The Morgan fingerprint density at radius 3 is 2.60 bits per heavy atom. The summed E-state index contributed by atoms with van der Waals surface area (Å²) in [6, 6.07) is -0.0185. The first-order valence-corrected chi connectivity index (χ1v) is 4.48. The molecule has 3 N–H and O–H groups in total. The zero-order valence-corrected chi connectivity index (χ0v) is 6.56. The minimum Gasteiger partial charge on any atom is -0.317 e. The molecule has 1 heterocycles. The van der Waals surface area contributed by atoms with Crippen molar-refractivity contribution >= 4 is 10.2 Å². The van der Waals surface area contributed by atoms with Crippen LogP contribution >= 0.6 is 0 Å². The fourth-order valence-electron chi connectivity index (χ4n) is 0.926. The number of hydrogen-bond acceptors (Lipinski definition) is 3. The molecule has 1 fully saturated rings.